The van der Waals surface area contributed by atoms with Crippen molar-refractivity contribution in [3.05, 3.63) is 41.0 Å². The van der Waals surface area contributed by atoms with Crippen molar-refractivity contribution in [3.63, 3.8) is 0 Å². The first kappa shape index (κ1) is 13.2. The Bertz CT molecular complexity index is 817. The highest BCUT2D eigenvalue weighted by molar-refractivity contribution is 5.84. The lowest BCUT2D eigenvalue weighted by molar-refractivity contribution is 0.123. The predicted molar refractivity (Wildman–Crippen MR) is 84.0 cm³/mol. The van der Waals surface area contributed by atoms with Gasteiger partial charge in [-0.2, -0.15) is 0 Å². The van der Waals surface area contributed by atoms with Crippen LogP contribution in [0, 0.1) is 0 Å². The maximum atomic E-state index is 10.9. The molecule has 0 fully saturated rings. The van der Waals surface area contributed by atoms with Crippen LogP contribution in [-0.2, 0) is 6.42 Å². The first-order valence-electron chi connectivity index (χ1n) is 7.83. The molecule has 0 saturated carbocycles. The lowest BCUT2D eigenvalue weighted by Gasteiger charge is -2.38. The zero-order valence-corrected chi connectivity index (χ0v) is 12.8. The van der Waals surface area contributed by atoms with Crippen molar-refractivity contribution in [2.45, 2.75) is 18.6 Å². The second kappa shape index (κ2) is 4.63. The van der Waals surface area contributed by atoms with E-state index in [4.69, 9.17) is 14.2 Å². The van der Waals surface area contributed by atoms with Gasteiger partial charge in [0.1, 0.15) is 5.75 Å². The van der Waals surface area contributed by atoms with Crippen LogP contribution in [-0.4, -0.2) is 25.6 Å². The topological polar surface area (TPSA) is 60.0 Å². The summed E-state index contributed by atoms with van der Waals surface area (Å²) in [6.45, 7) is 1.09. The van der Waals surface area contributed by atoms with Crippen LogP contribution >= 0.6 is 0 Å². The monoisotopic (exact) mass is 311 g/mol. The third-order valence-corrected chi connectivity index (χ3v) is 5.02. The summed E-state index contributed by atoms with van der Waals surface area (Å²) in [5.41, 5.74) is 5.29. The van der Waals surface area contributed by atoms with E-state index in [0.717, 1.165) is 52.5 Å². The van der Waals surface area contributed by atoms with Gasteiger partial charge in [0.05, 0.1) is 19.3 Å². The third-order valence-electron chi connectivity index (χ3n) is 5.02. The summed E-state index contributed by atoms with van der Waals surface area (Å²) in [5, 5.41) is 14.4. The molecule has 0 spiro atoms. The van der Waals surface area contributed by atoms with Crippen molar-refractivity contribution < 1.29 is 19.3 Å². The molecule has 5 nitrogen and oxygen atoms in total. The standard InChI is InChI=1S/C18H17NO4/c1-21-10-2-3-11-12(7-10)17(20)16-14-9(4-5-19-16)6-13-18(15(11)14)23-8-22-13/h2-3,6-7,16-17,19-20H,4-5,8H2,1H3/t16-,17-/m0/s1. The number of nitrogens with one attached hydrogen (secondary N) is 1. The van der Waals surface area contributed by atoms with Gasteiger partial charge in [-0.1, -0.05) is 6.07 Å². The van der Waals surface area contributed by atoms with E-state index < -0.39 is 6.10 Å². The summed E-state index contributed by atoms with van der Waals surface area (Å²) in [6, 6.07) is 7.77. The van der Waals surface area contributed by atoms with Gasteiger partial charge in [0, 0.05) is 5.56 Å². The Morgan fingerprint density at radius 1 is 1.26 bits per heavy atom. The molecule has 23 heavy (non-hydrogen) atoms. The SMILES string of the molecule is COc1ccc2c(c1)[C@H](O)[C@H]1NCCc3cc4c(c-2c31)OCO4. The maximum Gasteiger partial charge on any atom is 0.231 e. The normalized spacial score (nSPS) is 23.2. The van der Waals surface area contributed by atoms with Crippen LogP contribution in [0.5, 0.6) is 17.2 Å². The van der Waals surface area contributed by atoms with E-state index in [1.807, 2.05) is 18.2 Å². The van der Waals surface area contributed by atoms with Crippen molar-refractivity contribution in [1.82, 2.24) is 5.32 Å². The molecule has 2 atom stereocenters. The summed E-state index contributed by atoms with van der Waals surface area (Å²) in [5.74, 6) is 2.33. The summed E-state index contributed by atoms with van der Waals surface area (Å²) < 4.78 is 16.7. The number of ether oxygens (including phenoxy) is 3. The molecular weight excluding hydrogens is 294 g/mol. The molecule has 2 aliphatic heterocycles. The lowest BCUT2D eigenvalue weighted by Crippen LogP contribution is -2.36. The van der Waals surface area contributed by atoms with Crippen LogP contribution in [0.4, 0.5) is 0 Å². The summed E-state index contributed by atoms with van der Waals surface area (Å²) in [6.07, 6.45) is 0.320. The number of rotatable bonds is 1. The first-order valence-corrected chi connectivity index (χ1v) is 7.83. The largest absolute Gasteiger partial charge is 0.497 e. The van der Waals surface area contributed by atoms with Crippen LogP contribution in [0.15, 0.2) is 24.3 Å². The fourth-order valence-corrected chi connectivity index (χ4v) is 3.99. The quantitative estimate of drug-likeness (QED) is 0.846. The minimum absolute atomic E-state index is 0.122. The Balaban J connectivity index is 1.86. The van der Waals surface area contributed by atoms with Crippen molar-refractivity contribution in [1.29, 1.82) is 0 Å². The Morgan fingerprint density at radius 2 is 2.17 bits per heavy atom. The molecular formula is C18H17NO4. The molecule has 5 heteroatoms. The van der Waals surface area contributed by atoms with E-state index in [0.29, 0.717) is 0 Å². The van der Waals surface area contributed by atoms with Crippen LogP contribution in [0.25, 0.3) is 11.1 Å². The average molecular weight is 311 g/mol. The molecule has 0 saturated heterocycles. The van der Waals surface area contributed by atoms with Gasteiger partial charge in [0.15, 0.2) is 11.5 Å². The van der Waals surface area contributed by atoms with Gasteiger partial charge in [-0.15, -0.1) is 0 Å². The van der Waals surface area contributed by atoms with E-state index in [2.05, 4.69) is 11.4 Å². The van der Waals surface area contributed by atoms with Gasteiger partial charge >= 0.3 is 0 Å². The Labute approximate surface area is 133 Å². The van der Waals surface area contributed by atoms with E-state index >= 15 is 0 Å². The van der Waals surface area contributed by atoms with E-state index in [1.165, 1.54) is 5.56 Å². The highest BCUT2D eigenvalue weighted by Crippen LogP contribution is 2.55. The summed E-state index contributed by atoms with van der Waals surface area (Å²) in [4.78, 5) is 0. The van der Waals surface area contributed by atoms with Crippen molar-refractivity contribution in [2.75, 3.05) is 20.4 Å². The maximum absolute atomic E-state index is 10.9. The van der Waals surface area contributed by atoms with Crippen LogP contribution < -0.4 is 19.5 Å². The van der Waals surface area contributed by atoms with Gasteiger partial charge in [0.2, 0.25) is 6.79 Å². The average Bonchev–Trinajstić information content (AvgIpc) is 3.05. The van der Waals surface area contributed by atoms with Gasteiger partial charge < -0.3 is 24.6 Å². The number of methoxy groups -OCH3 is 1. The molecule has 5 rings (SSSR count). The van der Waals surface area contributed by atoms with Crippen molar-refractivity contribution in [2.24, 2.45) is 0 Å². The molecule has 1 aliphatic carbocycles. The van der Waals surface area contributed by atoms with E-state index in [1.54, 1.807) is 7.11 Å². The number of benzene rings is 2. The minimum Gasteiger partial charge on any atom is -0.497 e. The molecule has 2 N–H and O–H groups in total. The van der Waals surface area contributed by atoms with Gasteiger partial charge in [-0.05, 0) is 53.4 Å². The van der Waals surface area contributed by atoms with E-state index in [-0.39, 0.29) is 12.8 Å². The molecule has 118 valence electrons. The van der Waals surface area contributed by atoms with Crippen LogP contribution in [0.1, 0.15) is 28.8 Å². The predicted octanol–water partition coefficient (Wildman–Crippen LogP) is 2.32. The number of hydrogen-bond donors (Lipinski definition) is 2. The Morgan fingerprint density at radius 3 is 3.04 bits per heavy atom. The number of aliphatic hydroxyl groups is 1. The molecule has 3 aliphatic rings. The molecule has 0 amide bonds. The highest BCUT2D eigenvalue weighted by atomic mass is 16.7. The zero-order valence-electron chi connectivity index (χ0n) is 12.8. The fourth-order valence-electron chi connectivity index (χ4n) is 3.99. The summed E-state index contributed by atoms with van der Waals surface area (Å²) >= 11 is 0. The smallest absolute Gasteiger partial charge is 0.231 e. The van der Waals surface area contributed by atoms with Gasteiger partial charge in [0.25, 0.3) is 0 Å². The number of aliphatic hydroxyl groups excluding tert-OH is 1. The number of hydrogen-bond acceptors (Lipinski definition) is 5. The van der Waals surface area contributed by atoms with Crippen molar-refractivity contribution >= 4 is 0 Å². The summed E-state index contributed by atoms with van der Waals surface area (Å²) in [7, 11) is 1.64. The highest BCUT2D eigenvalue weighted by Gasteiger charge is 2.40. The van der Waals surface area contributed by atoms with Crippen LogP contribution in [0.3, 0.4) is 0 Å². The molecule has 0 bridgehead atoms. The minimum atomic E-state index is -0.605. The van der Waals surface area contributed by atoms with E-state index in [9.17, 15) is 5.11 Å². The van der Waals surface area contributed by atoms with Gasteiger partial charge in [-0.25, -0.2) is 0 Å². The van der Waals surface area contributed by atoms with Gasteiger partial charge in [-0.3, -0.25) is 0 Å². The fraction of sp³-hybridized carbons (Fsp3) is 0.333. The molecule has 2 aromatic carbocycles. The van der Waals surface area contributed by atoms with Crippen LogP contribution in [0.2, 0.25) is 0 Å². The number of fused-ring (bicyclic) bond motifs is 4. The third kappa shape index (κ3) is 1.69. The zero-order chi connectivity index (χ0) is 15.6. The lowest BCUT2D eigenvalue weighted by atomic mass is 9.76. The Kier molecular flexibility index (Phi) is 2.66. The molecule has 0 unspecified atom stereocenters. The molecule has 0 aromatic heterocycles. The van der Waals surface area contributed by atoms with Crippen molar-refractivity contribution in [3.8, 4) is 28.4 Å². The first-order chi connectivity index (χ1) is 11.3. The second-order valence-corrected chi connectivity index (χ2v) is 6.14. The second-order valence-electron chi connectivity index (χ2n) is 6.14. The molecule has 2 aromatic rings. The molecule has 0 radical (unpaired) electrons. The molecule has 2 heterocycles. The Hall–Kier alpha value is -2.24.